The number of rotatable bonds is 5. The lowest BCUT2D eigenvalue weighted by molar-refractivity contribution is -0.142. The van der Waals surface area contributed by atoms with Crippen LogP contribution in [0.4, 0.5) is 9.18 Å². The highest BCUT2D eigenvalue weighted by atomic mass is 19.1. The zero-order valence-electron chi connectivity index (χ0n) is 10.5. The van der Waals surface area contributed by atoms with Gasteiger partial charge >= 0.3 is 12.0 Å². The molecule has 5 nitrogen and oxygen atoms in total. The SMILES string of the molecule is O=C(NCCCF)NC1CCCCCC1C(=O)O. The maximum atomic E-state index is 11.9. The second-order valence-electron chi connectivity index (χ2n) is 4.63. The summed E-state index contributed by atoms with van der Waals surface area (Å²) in [6.07, 6.45) is 4.39. The fraction of sp³-hybridized carbons (Fsp3) is 0.833. The van der Waals surface area contributed by atoms with Crippen LogP contribution in [0.5, 0.6) is 0 Å². The molecule has 0 radical (unpaired) electrons. The van der Waals surface area contributed by atoms with E-state index in [1.54, 1.807) is 0 Å². The van der Waals surface area contributed by atoms with Gasteiger partial charge in [0.25, 0.3) is 0 Å². The Bertz CT molecular complexity index is 286. The minimum absolute atomic E-state index is 0.271. The summed E-state index contributed by atoms with van der Waals surface area (Å²) >= 11 is 0. The second kappa shape index (κ2) is 7.89. The number of hydrogen-bond acceptors (Lipinski definition) is 2. The Balaban J connectivity index is 2.44. The number of alkyl halides is 1. The van der Waals surface area contributed by atoms with E-state index in [2.05, 4.69) is 10.6 Å². The molecule has 0 aliphatic heterocycles. The molecule has 104 valence electrons. The third-order valence-corrected chi connectivity index (χ3v) is 3.25. The topological polar surface area (TPSA) is 78.4 Å². The quantitative estimate of drug-likeness (QED) is 0.520. The van der Waals surface area contributed by atoms with Gasteiger partial charge in [-0.2, -0.15) is 0 Å². The molecular formula is C12H21FN2O3. The van der Waals surface area contributed by atoms with Gasteiger partial charge in [-0.05, 0) is 19.3 Å². The molecule has 0 bridgehead atoms. The summed E-state index contributed by atoms with van der Waals surface area (Å²) in [5.74, 6) is -1.37. The zero-order chi connectivity index (χ0) is 13.4. The van der Waals surface area contributed by atoms with Gasteiger partial charge in [-0.3, -0.25) is 9.18 Å². The van der Waals surface area contributed by atoms with E-state index in [9.17, 15) is 14.0 Å². The van der Waals surface area contributed by atoms with Gasteiger partial charge in [0.1, 0.15) is 0 Å². The predicted octanol–water partition coefficient (Wildman–Crippen LogP) is 1.68. The fourth-order valence-electron chi connectivity index (χ4n) is 2.26. The third-order valence-electron chi connectivity index (χ3n) is 3.25. The van der Waals surface area contributed by atoms with E-state index in [4.69, 9.17) is 5.11 Å². The summed E-state index contributed by atoms with van der Waals surface area (Å²) in [6, 6.07) is -0.725. The first kappa shape index (κ1) is 14.7. The Morgan fingerprint density at radius 1 is 1.22 bits per heavy atom. The number of halogens is 1. The van der Waals surface area contributed by atoms with E-state index < -0.39 is 24.6 Å². The number of urea groups is 1. The number of carbonyl (C=O) groups excluding carboxylic acids is 1. The Hall–Kier alpha value is -1.33. The molecule has 0 aromatic rings. The summed E-state index contributed by atoms with van der Waals surface area (Å²) in [7, 11) is 0. The Morgan fingerprint density at radius 3 is 2.61 bits per heavy atom. The summed E-state index contributed by atoms with van der Waals surface area (Å²) in [4.78, 5) is 22.7. The largest absolute Gasteiger partial charge is 0.481 e. The fourth-order valence-corrected chi connectivity index (χ4v) is 2.26. The predicted molar refractivity (Wildman–Crippen MR) is 65.1 cm³/mol. The van der Waals surface area contributed by atoms with E-state index in [1.807, 2.05) is 0 Å². The molecule has 0 aromatic heterocycles. The van der Waals surface area contributed by atoms with Crippen LogP contribution in [0.25, 0.3) is 0 Å². The molecule has 18 heavy (non-hydrogen) atoms. The van der Waals surface area contributed by atoms with Crippen LogP contribution in [0, 0.1) is 5.92 Å². The molecule has 1 saturated carbocycles. The highest BCUT2D eigenvalue weighted by Crippen LogP contribution is 2.23. The number of hydrogen-bond donors (Lipinski definition) is 3. The van der Waals surface area contributed by atoms with Crippen molar-refractivity contribution in [2.75, 3.05) is 13.2 Å². The maximum Gasteiger partial charge on any atom is 0.315 e. The highest BCUT2D eigenvalue weighted by molar-refractivity contribution is 5.76. The first-order chi connectivity index (χ1) is 8.65. The molecule has 2 amide bonds. The van der Waals surface area contributed by atoms with Gasteiger partial charge in [0, 0.05) is 12.6 Å². The number of aliphatic carboxylic acids is 1. The number of nitrogens with one attached hydrogen (secondary N) is 2. The van der Waals surface area contributed by atoms with Gasteiger partial charge in [-0.15, -0.1) is 0 Å². The smallest absolute Gasteiger partial charge is 0.315 e. The molecule has 0 saturated heterocycles. The first-order valence-corrected chi connectivity index (χ1v) is 6.48. The van der Waals surface area contributed by atoms with Crippen LogP contribution < -0.4 is 10.6 Å². The van der Waals surface area contributed by atoms with Gasteiger partial charge in [0.15, 0.2) is 0 Å². The molecule has 6 heteroatoms. The van der Waals surface area contributed by atoms with Crippen molar-refractivity contribution in [3.05, 3.63) is 0 Å². The molecule has 0 heterocycles. The van der Waals surface area contributed by atoms with Crippen LogP contribution in [0.2, 0.25) is 0 Å². The Labute approximate surface area is 106 Å². The molecule has 1 aliphatic carbocycles. The maximum absolute atomic E-state index is 11.9. The van der Waals surface area contributed by atoms with Gasteiger partial charge < -0.3 is 15.7 Å². The van der Waals surface area contributed by atoms with Crippen molar-refractivity contribution in [2.24, 2.45) is 5.92 Å². The average Bonchev–Trinajstić information content (AvgIpc) is 2.55. The summed E-state index contributed by atoms with van der Waals surface area (Å²) in [6.45, 7) is -0.200. The van der Waals surface area contributed by atoms with Crippen LogP contribution in [-0.4, -0.2) is 36.4 Å². The average molecular weight is 260 g/mol. The molecular weight excluding hydrogens is 239 g/mol. The van der Waals surface area contributed by atoms with E-state index in [-0.39, 0.29) is 19.0 Å². The number of carboxylic acids is 1. The van der Waals surface area contributed by atoms with E-state index >= 15 is 0 Å². The zero-order valence-corrected chi connectivity index (χ0v) is 10.5. The lowest BCUT2D eigenvalue weighted by Crippen LogP contribution is -2.47. The number of amides is 2. The van der Waals surface area contributed by atoms with Crippen molar-refractivity contribution in [1.82, 2.24) is 10.6 Å². The van der Waals surface area contributed by atoms with Crippen molar-refractivity contribution >= 4 is 12.0 Å². The summed E-state index contributed by atoms with van der Waals surface area (Å²) in [5.41, 5.74) is 0. The lowest BCUT2D eigenvalue weighted by atomic mass is 9.95. The minimum Gasteiger partial charge on any atom is -0.481 e. The highest BCUT2D eigenvalue weighted by Gasteiger charge is 2.30. The normalized spacial score (nSPS) is 24.1. The molecule has 1 aliphatic rings. The summed E-state index contributed by atoms with van der Waals surface area (Å²) < 4.78 is 11.9. The standard InChI is InChI=1S/C12H21FN2O3/c13-7-4-8-14-12(18)15-10-6-3-1-2-5-9(10)11(16)17/h9-10H,1-8H2,(H,16,17)(H2,14,15,18). The van der Waals surface area contributed by atoms with Gasteiger partial charge in [0.05, 0.1) is 12.6 Å². The van der Waals surface area contributed by atoms with E-state index in [1.165, 1.54) is 0 Å². The molecule has 3 N–H and O–H groups in total. The lowest BCUT2D eigenvalue weighted by Gasteiger charge is -2.22. The minimum atomic E-state index is -0.856. The van der Waals surface area contributed by atoms with E-state index in [0.717, 1.165) is 19.3 Å². The van der Waals surface area contributed by atoms with E-state index in [0.29, 0.717) is 12.8 Å². The third kappa shape index (κ3) is 4.89. The van der Waals surface area contributed by atoms with Crippen LogP contribution in [0.1, 0.15) is 38.5 Å². The molecule has 1 fully saturated rings. The van der Waals surface area contributed by atoms with Crippen LogP contribution in [0.15, 0.2) is 0 Å². The van der Waals surface area contributed by atoms with Crippen molar-refractivity contribution in [3.8, 4) is 0 Å². The number of carboxylic acid groups (broad SMARTS) is 1. The van der Waals surface area contributed by atoms with Crippen molar-refractivity contribution in [2.45, 2.75) is 44.6 Å². The Morgan fingerprint density at radius 2 is 1.94 bits per heavy atom. The second-order valence-corrected chi connectivity index (χ2v) is 4.63. The Kier molecular flexibility index (Phi) is 6.46. The first-order valence-electron chi connectivity index (χ1n) is 6.48. The van der Waals surface area contributed by atoms with Crippen LogP contribution in [0.3, 0.4) is 0 Å². The van der Waals surface area contributed by atoms with Gasteiger partial charge in [-0.25, -0.2) is 4.79 Å². The monoisotopic (exact) mass is 260 g/mol. The van der Waals surface area contributed by atoms with Crippen molar-refractivity contribution < 1.29 is 19.1 Å². The van der Waals surface area contributed by atoms with Crippen LogP contribution in [-0.2, 0) is 4.79 Å². The molecule has 0 spiro atoms. The van der Waals surface area contributed by atoms with Crippen molar-refractivity contribution in [1.29, 1.82) is 0 Å². The number of carbonyl (C=O) groups is 2. The molecule has 1 rings (SSSR count). The molecule has 2 unspecified atom stereocenters. The molecule has 0 aromatic carbocycles. The van der Waals surface area contributed by atoms with Crippen LogP contribution >= 0.6 is 0 Å². The van der Waals surface area contributed by atoms with Crippen molar-refractivity contribution in [3.63, 3.8) is 0 Å². The summed E-state index contributed by atoms with van der Waals surface area (Å²) in [5, 5.41) is 14.4. The van der Waals surface area contributed by atoms with Gasteiger partial charge in [0.2, 0.25) is 0 Å². The molecule has 2 atom stereocenters. The van der Waals surface area contributed by atoms with Gasteiger partial charge in [-0.1, -0.05) is 19.3 Å².